The average Bonchev–Trinajstić information content (AvgIpc) is 2.45. The largest absolute Gasteiger partial charge is 0.352 e. The van der Waals surface area contributed by atoms with Crippen molar-refractivity contribution in [2.24, 2.45) is 5.92 Å². The highest BCUT2D eigenvalue weighted by molar-refractivity contribution is 5.42. The molecule has 1 aliphatic rings. The van der Waals surface area contributed by atoms with Crippen molar-refractivity contribution in [3.63, 3.8) is 0 Å². The molecule has 0 aromatic carbocycles. The lowest BCUT2D eigenvalue weighted by Gasteiger charge is -2.28. The van der Waals surface area contributed by atoms with E-state index in [1.165, 1.54) is 19.3 Å². The van der Waals surface area contributed by atoms with Gasteiger partial charge < -0.3 is 4.90 Å². The third-order valence-corrected chi connectivity index (χ3v) is 2.51. The molecule has 0 atom stereocenters. The van der Waals surface area contributed by atoms with Gasteiger partial charge in [-0.05, 0) is 61.5 Å². The molecular weight excluding hydrogens is 242 g/mol. The van der Waals surface area contributed by atoms with Crippen LogP contribution in [0.2, 0.25) is 0 Å². The fourth-order valence-corrected chi connectivity index (χ4v) is 1.58. The minimum absolute atomic E-state index is 0.337. The summed E-state index contributed by atoms with van der Waals surface area (Å²) in [4.78, 5) is 2.24. The maximum Gasteiger partial charge on any atom is 0.0156 e. The molecule has 0 aromatic rings. The number of hydrogen-bond donors (Lipinski definition) is 0. The van der Waals surface area contributed by atoms with E-state index in [0.717, 1.165) is 13.1 Å². The minimum atomic E-state index is 0.337. The Morgan fingerprint density at radius 2 is 1.30 bits per heavy atom. The predicted molar refractivity (Wildman–Crippen MR) is 83.4 cm³/mol. The third kappa shape index (κ3) is 8.68. The van der Waals surface area contributed by atoms with Gasteiger partial charge in [-0.1, -0.05) is 26.2 Å². The van der Waals surface area contributed by atoms with E-state index in [1.54, 1.807) is 0 Å². The Labute approximate surface area is 123 Å². The summed E-state index contributed by atoms with van der Waals surface area (Å²) in [7, 11) is 0. The Morgan fingerprint density at radius 1 is 0.750 bits per heavy atom. The van der Waals surface area contributed by atoms with E-state index >= 15 is 0 Å². The maximum atomic E-state index is 2.94. The lowest BCUT2D eigenvalue weighted by molar-refractivity contribution is 0.290. The SMILES string of the molecule is CC(C)C#CC#CC#CC#CC#C[CH-]N1CCCCC1. The van der Waals surface area contributed by atoms with Crippen molar-refractivity contribution < 1.29 is 0 Å². The van der Waals surface area contributed by atoms with Gasteiger partial charge in [0.25, 0.3) is 0 Å². The second-order valence-electron chi connectivity index (χ2n) is 4.67. The van der Waals surface area contributed by atoms with Crippen molar-refractivity contribution in [3.8, 4) is 59.2 Å². The van der Waals surface area contributed by atoms with Gasteiger partial charge in [0.15, 0.2) is 0 Å². The summed E-state index contributed by atoms with van der Waals surface area (Å²) in [6.45, 7) is 8.17. The quantitative estimate of drug-likeness (QED) is 0.516. The Balaban J connectivity index is 2.28. The standard InChI is InChI=1S/C19H18N/c1-19(2)15-11-8-6-4-3-5-7-9-12-16-20-17-13-10-14-18-20/h16,19H,10,13-14,17-18H2,1-2H3/q-1. The average molecular weight is 260 g/mol. The molecule has 0 aliphatic carbocycles. The second kappa shape index (κ2) is 10.5. The van der Waals surface area contributed by atoms with Crippen LogP contribution in [-0.2, 0) is 0 Å². The first-order chi connectivity index (χ1) is 9.79. The molecule has 100 valence electrons. The summed E-state index contributed by atoms with van der Waals surface area (Å²) in [5.41, 5.74) is 0. The van der Waals surface area contributed by atoms with Crippen LogP contribution in [0.4, 0.5) is 0 Å². The van der Waals surface area contributed by atoms with Gasteiger partial charge in [-0.2, -0.15) is 0 Å². The van der Waals surface area contributed by atoms with Gasteiger partial charge in [-0.3, -0.25) is 5.92 Å². The Morgan fingerprint density at radius 3 is 1.90 bits per heavy atom. The lowest BCUT2D eigenvalue weighted by atomic mass is 10.1. The van der Waals surface area contributed by atoms with Gasteiger partial charge >= 0.3 is 0 Å². The summed E-state index contributed by atoms with van der Waals surface area (Å²) in [6, 6.07) is 0. The van der Waals surface area contributed by atoms with Gasteiger partial charge in [0.2, 0.25) is 0 Å². The smallest absolute Gasteiger partial charge is 0.0156 e. The van der Waals surface area contributed by atoms with Crippen molar-refractivity contribution in [1.29, 1.82) is 0 Å². The zero-order valence-corrected chi connectivity index (χ0v) is 12.1. The minimum Gasteiger partial charge on any atom is -0.352 e. The van der Waals surface area contributed by atoms with Crippen LogP contribution in [0.25, 0.3) is 0 Å². The van der Waals surface area contributed by atoms with E-state index in [1.807, 2.05) is 20.4 Å². The van der Waals surface area contributed by atoms with E-state index in [-0.39, 0.29) is 0 Å². The van der Waals surface area contributed by atoms with Crippen molar-refractivity contribution in [3.05, 3.63) is 6.54 Å². The van der Waals surface area contributed by atoms with Gasteiger partial charge in [0.1, 0.15) is 0 Å². The molecule has 0 radical (unpaired) electrons. The van der Waals surface area contributed by atoms with Crippen LogP contribution in [0.1, 0.15) is 33.1 Å². The molecule has 0 saturated carbocycles. The molecule has 20 heavy (non-hydrogen) atoms. The maximum absolute atomic E-state index is 2.94. The molecule has 1 aliphatic heterocycles. The highest BCUT2D eigenvalue weighted by atomic mass is 15.1. The first kappa shape index (κ1) is 15.7. The molecule has 0 unspecified atom stereocenters. The zero-order valence-electron chi connectivity index (χ0n) is 12.1. The second-order valence-corrected chi connectivity index (χ2v) is 4.67. The number of rotatable bonds is 1. The zero-order chi connectivity index (χ0) is 14.5. The van der Waals surface area contributed by atoms with Crippen LogP contribution >= 0.6 is 0 Å². The van der Waals surface area contributed by atoms with E-state index < -0.39 is 0 Å². The fraction of sp³-hybridized carbons (Fsp3) is 0.421. The van der Waals surface area contributed by atoms with Gasteiger partial charge in [0, 0.05) is 5.92 Å². The fourth-order valence-electron chi connectivity index (χ4n) is 1.58. The van der Waals surface area contributed by atoms with Crippen LogP contribution in [0.3, 0.4) is 0 Å². The first-order valence-electron chi connectivity index (χ1n) is 6.87. The van der Waals surface area contributed by atoms with E-state index in [4.69, 9.17) is 0 Å². The highest BCUT2D eigenvalue weighted by Gasteiger charge is 2.03. The lowest BCUT2D eigenvalue weighted by Crippen LogP contribution is -2.26. The van der Waals surface area contributed by atoms with E-state index in [9.17, 15) is 0 Å². The van der Waals surface area contributed by atoms with Gasteiger partial charge in [-0.25, -0.2) is 5.92 Å². The van der Waals surface area contributed by atoms with Gasteiger partial charge in [0.05, 0.1) is 0 Å². The van der Waals surface area contributed by atoms with Crippen LogP contribution in [-0.4, -0.2) is 18.0 Å². The van der Waals surface area contributed by atoms with Crippen molar-refractivity contribution in [1.82, 2.24) is 4.90 Å². The molecule has 1 heterocycles. The normalized spacial score (nSPS) is 12.8. The molecule has 1 saturated heterocycles. The molecule has 1 rings (SSSR count). The molecule has 1 nitrogen and oxygen atoms in total. The molecule has 1 fully saturated rings. The van der Waals surface area contributed by atoms with Crippen LogP contribution in [0.15, 0.2) is 0 Å². The summed E-state index contributed by atoms with van der Waals surface area (Å²) in [5, 5.41) is 0. The molecule has 0 bridgehead atoms. The van der Waals surface area contributed by atoms with Crippen molar-refractivity contribution in [2.75, 3.05) is 13.1 Å². The Hall–Kier alpha value is -2.37. The van der Waals surface area contributed by atoms with E-state index in [0.29, 0.717) is 5.92 Å². The Kier molecular flexibility index (Phi) is 8.27. The molecule has 0 aromatic heterocycles. The molecule has 0 spiro atoms. The highest BCUT2D eigenvalue weighted by Crippen LogP contribution is 2.08. The van der Waals surface area contributed by atoms with Crippen LogP contribution in [0.5, 0.6) is 0 Å². The van der Waals surface area contributed by atoms with Crippen molar-refractivity contribution in [2.45, 2.75) is 33.1 Å². The van der Waals surface area contributed by atoms with Crippen molar-refractivity contribution >= 4 is 0 Å². The number of piperidine rings is 1. The third-order valence-electron chi connectivity index (χ3n) is 2.51. The number of nitrogens with zero attached hydrogens (tertiary/aromatic N) is 1. The summed E-state index contributed by atoms with van der Waals surface area (Å²) in [5.74, 6) is 27.6. The van der Waals surface area contributed by atoms with Gasteiger partial charge in [-0.15, -0.1) is 12.5 Å². The summed E-state index contributed by atoms with van der Waals surface area (Å²) < 4.78 is 0. The molecule has 0 amide bonds. The summed E-state index contributed by atoms with van der Waals surface area (Å²) >= 11 is 0. The number of hydrogen-bond acceptors (Lipinski definition) is 1. The monoisotopic (exact) mass is 260 g/mol. The van der Waals surface area contributed by atoms with Crippen LogP contribution < -0.4 is 0 Å². The topological polar surface area (TPSA) is 3.24 Å². The Bertz CT molecular complexity index is 591. The van der Waals surface area contributed by atoms with E-state index in [2.05, 4.69) is 64.1 Å². The van der Waals surface area contributed by atoms with Crippen LogP contribution in [0, 0.1) is 71.7 Å². The predicted octanol–water partition coefficient (Wildman–Crippen LogP) is 2.31. The molecule has 0 N–H and O–H groups in total. The summed E-state index contributed by atoms with van der Waals surface area (Å²) in [6.07, 6.45) is 3.84. The molecular formula is C19H18N-. The number of likely N-dealkylation sites (tertiary alicyclic amines) is 1. The first-order valence-corrected chi connectivity index (χ1v) is 6.87. The molecule has 1 heteroatoms.